The van der Waals surface area contributed by atoms with Crippen LogP contribution in [0.25, 0.3) is 0 Å². The Morgan fingerprint density at radius 1 is 1.25 bits per heavy atom. The van der Waals surface area contributed by atoms with E-state index in [2.05, 4.69) is 15.2 Å². The highest BCUT2D eigenvalue weighted by atomic mass is 16.5. The van der Waals surface area contributed by atoms with Gasteiger partial charge in [-0.1, -0.05) is 24.3 Å². The number of ether oxygens (including phenoxy) is 1. The van der Waals surface area contributed by atoms with Gasteiger partial charge in [0.25, 0.3) is 0 Å². The number of nitrogens with one attached hydrogen (secondary N) is 1. The Hall–Kier alpha value is -2.44. The van der Waals surface area contributed by atoms with Crippen LogP contribution in [0.2, 0.25) is 0 Å². The average molecular weight is 383 g/mol. The van der Waals surface area contributed by atoms with Gasteiger partial charge in [-0.25, -0.2) is 0 Å². The van der Waals surface area contributed by atoms with Crippen molar-refractivity contribution in [3.8, 4) is 5.75 Å². The first-order valence-electron chi connectivity index (χ1n) is 9.77. The van der Waals surface area contributed by atoms with Crippen LogP contribution in [0.4, 0.5) is 0 Å². The smallest absolute Gasteiger partial charge is 0.234 e. The summed E-state index contributed by atoms with van der Waals surface area (Å²) in [5, 5.41) is 13.9. The fourth-order valence-electron chi connectivity index (χ4n) is 3.59. The van der Waals surface area contributed by atoms with E-state index in [1.165, 1.54) is 0 Å². The summed E-state index contributed by atoms with van der Waals surface area (Å²) in [5.41, 5.74) is 1.98. The van der Waals surface area contributed by atoms with Crippen molar-refractivity contribution in [2.24, 2.45) is 0 Å². The van der Waals surface area contributed by atoms with Gasteiger partial charge < -0.3 is 15.2 Å². The number of likely N-dealkylation sites (tertiary alicyclic amines) is 1. The molecule has 28 heavy (non-hydrogen) atoms. The fourth-order valence-corrected chi connectivity index (χ4v) is 3.59. The Labute approximate surface area is 166 Å². The van der Waals surface area contributed by atoms with Crippen molar-refractivity contribution >= 4 is 5.91 Å². The second-order valence-electron chi connectivity index (χ2n) is 7.44. The average Bonchev–Trinajstić information content (AvgIpc) is 2.70. The first kappa shape index (κ1) is 20.3. The number of hydrogen-bond donors (Lipinski definition) is 2. The summed E-state index contributed by atoms with van der Waals surface area (Å²) in [7, 11) is 1.65. The third-order valence-electron chi connectivity index (χ3n) is 5.35. The molecule has 0 spiro atoms. The van der Waals surface area contributed by atoms with Crippen molar-refractivity contribution in [3.05, 3.63) is 59.4 Å². The fraction of sp³-hybridized carbons (Fsp3) is 0.455. The number of rotatable bonds is 7. The molecule has 0 radical (unpaired) electrons. The summed E-state index contributed by atoms with van der Waals surface area (Å²) in [6.45, 7) is 4.25. The van der Waals surface area contributed by atoms with E-state index in [1.54, 1.807) is 13.3 Å². The van der Waals surface area contributed by atoms with Gasteiger partial charge in [0.15, 0.2) is 0 Å². The van der Waals surface area contributed by atoms with Crippen LogP contribution < -0.4 is 10.1 Å². The van der Waals surface area contributed by atoms with Crippen molar-refractivity contribution in [1.29, 1.82) is 0 Å². The van der Waals surface area contributed by atoms with E-state index < -0.39 is 5.60 Å². The maximum absolute atomic E-state index is 12.3. The third kappa shape index (κ3) is 5.09. The van der Waals surface area contributed by atoms with Gasteiger partial charge >= 0.3 is 0 Å². The molecule has 1 saturated heterocycles. The van der Waals surface area contributed by atoms with Crippen LogP contribution in [0.1, 0.15) is 29.7 Å². The zero-order valence-electron chi connectivity index (χ0n) is 16.6. The number of nitrogens with zero attached hydrogens (tertiary/aromatic N) is 2. The molecule has 2 heterocycles. The first-order chi connectivity index (χ1) is 13.5. The lowest BCUT2D eigenvalue weighted by Crippen LogP contribution is -2.46. The van der Waals surface area contributed by atoms with Gasteiger partial charge in [0.1, 0.15) is 11.4 Å². The van der Waals surface area contributed by atoms with Gasteiger partial charge in [-0.15, -0.1) is 0 Å². The lowest BCUT2D eigenvalue weighted by Gasteiger charge is -2.37. The highest BCUT2D eigenvalue weighted by Crippen LogP contribution is 2.31. The van der Waals surface area contributed by atoms with E-state index in [-0.39, 0.29) is 5.91 Å². The number of methoxy groups -OCH3 is 1. The second kappa shape index (κ2) is 9.17. The van der Waals surface area contributed by atoms with Crippen molar-refractivity contribution in [2.75, 3.05) is 33.3 Å². The molecule has 1 aromatic carbocycles. The summed E-state index contributed by atoms with van der Waals surface area (Å²) in [6, 6.07) is 11.7. The first-order valence-corrected chi connectivity index (χ1v) is 9.77. The predicted octanol–water partition coefficient (Wildman–Crippen LogP) is 2.04. The molecule has 150 valence electrons. The van der Waals surface area contributed by atoms with Gasteiger partial charge in [-0.05, 0) is 49.4 Å². The van der Waals surface area contributed by atoms with E-state index in [1.807, 2.05) is 43.3 Å². The van der Waals surface area contributed by atoms with Gasteiger partial charge in [0, 0.05) is 25.8 Å². The lowest BCUT2D eigenvalue weighted by atomic mass is 9.87. The number of aromatic nitrogens is 1. The zero-order chi connectivity index (χ0) is 20.0. The number of piperidine rings is 1. The monoisotopic (exact) mass is 383 g/mol. The number of hydrogen-bond acceptors (Lipinski definition) is 5. The second-order valence-corrected chi connectivity index (χ2v) is 7.44. The molecular formula is C22H29N3O3. The molecule has 6 nitrogen and oxygen atoms in total. The van der Waals surface area contributed by atoms with Crippen LogP contribution >= 0.6 is 0 Å². The van der Waals surface area contributed by atoms with Crippen molar-refractivity contribution in [3.63, 3.8) is 0 Å². The summed E-state index contributed by atoms with van der Waals surface area (Å²) >= 11 is 0. The van der Waals surface area contributed by atoms with Gasteiger partial charge in [-0.2, -0.15) is 0 Å². The molecule has 1 fully saturated rings. The summed E-state index contributed by atoms with van der Waals surface area (Å²) < 4.78 is 5.34. The summed E-state index contributed by atoms with van der Waals surface area (Å²) in [4.78, 5) is 18.7. The van der Waals surface area contributed by atoms with Crippen LogP contribution in [-0.2, 0) is 16.8 Å². The number of aliphatic hydroxyl groups is 1. The van der Waals surface area contributed by atoms with Crippen LogP contribution in [0, 0.1) is 6.92 Å². The van der Waals surface area contributed by atoms with Gasteiger partial charge in [-0.3, -0.25) is 14.7 Å². The molecule has 0 saturated carbocycles. The molecule has 1 aliphatic heterocycles. The molecule has 0 bridgehead atoms. The SMILES string of the molecule is COc1ccccc1CCNC(=O)CN1CCC(O)(c2ccc(C)cn2)CC1. The van der Waals surface area contributed by atoms with Crippen LogP contribution in [-0.4, -0.2) is 54.2 Å². The van der Waals surface area contributed by atoms with Gasteiger partial charge in [0.05, 0.1) is 19.3 Å². The quantitative estimate of drug-likeness (QED) is 0.765. The van der Waals surface area contributed by atoms with E-state index in [9.17, 15) is 9.90 Å². The Balaban J connectivity index is 1.43. The largest absolute Gasteiger partial charge is 0.496 e. The molecule has 1 amide bonds. The molecule has 0 atom stereocenters. The number of carbonyl (C=O) groups is 1. The maximum atomic E-state index is 12.3. The highest BCUT2D eigenvalue weighted by molar-refractivity contribution is 5.78. The molecule has 0 aliphatic carbocycles. The molecule has 2 N–H and O–H groups in total. The Morgan fingerprint density at radius 3 is 2.68 bits per heavy atom. The molecule has 6 heteroatoms. The molecule has 0 unspecified atom stereocenters. The number of aryl methyl sites for hydroxylation is 1. The minimum Gasteiger partial charge on any atom is -0.496 e. The number of pyridine rings is 1. The number of benzene rings is 1. The van der Waals surface area contributed by atoms with Crippen LogP contribution in [0.15, 0.2) is 42.6 Å². The van der Waals surface area contributed by atoms with Crippen molar-refractivity contribution < 1.29 is 14.6 Å². The third-order valence-corrected chi connectivity index (χ3v) is 5.35. The van der Waals surface area contributed by atoms with Crippen LogP contribution in [0.5, 0.6) is 5.75 Å². The van der Waals surface area contributed by atoms with E-state index in [4.69, 9.17) is 4.74 Å². The predicted molar refractivity (Wildman–Crippen MR) is 108 cm³/mol. The van der Waals surface area contributed by atoms with E-state index in [0.717, 1.165) is 29.0 Å². The normalized spacial score (nSPS) is 16.5. The molecule has 1 aromatic heterocycles. The topological polar surface area (TPSA) is 74.7 Å². The number of carbonyl (C=O) groups excluding carboxylic acids is 1. The Morgan fingerprint density at radius 2 is 2.00 bits per heavy atom. The van der Waals surface area contributed by atoms with Gasteiger partial charge in [0.2, 0.25) is 5.91 Å². The van der Waals surface area contributed by atoms with Crippen LogP contribution in [0.3, 0.4) is 0 Å². The minimum absolute atomic E-state index is 0.00815. The minimum atomic E-state index is -0.898. The highest BCUT2D eigenvalue weighted by Gasteiger charge is 2.35. The Kier molecular flexibility index (Phi) is 6.65. The summed E-state index contributed by atoms with van der Waals surface area (Å²) in [5.74, 6) is 0.852. The standard InChI is InChI=1S/C22H29N3O3/c1-17-7-8-20(24-15-17)22(27)10-13-25(14-11-22)16-21(26)23-12-9-18-5-3-4-6-19(18)28-2/h3-8,15,27H,9-14,16H2,1-2H3,(H,23,26). The Bertz CT molecular complexity index is 784. The maximum Gasteiger partial charge on any atom is 0.234 e. The molecule has 3 rings (SSSR count). The molecular weight excluding hydrogens is 354 g/mol. The van der Waals surface area contributed by atoms with Crippen molar-refractivity contribution in [2.45, 2.75) is 31.8 Å². The van der Waals surface area contributed by atoms with E-state index in [0.29, 0.717) is 39.0 Å². The number of amides is 1. The van der Waals surface area contributed by atoms with E-state index >= 15 is 0 Å². The zero-order valence-corrected chi connectivity index (χ0v) is 16.6. The number of para-hydroxylation sites is 1. The molecule has 1 aliphatic rings. The molecule has 2 aromatic rings. The van der Waals surface area contributed by atoms with Crippen molar-refractivity contribution in [1.82, 2.24) is 15.2 Å². The summed E-state index contributed by atoms with van der Waals surface area (Å²) in [6.07, 6.45) is 3.68. The lowest BCUT2D eigenvalue weighted by molar-refractivity contribution is -0.123.